The topological polar surface area (TPSA) is 37.8 Å². The predicted octanol–water partition coefficient (Wildman–Crippen LogP) is 2.01. The van der Waals surface area contributed by atoms with Crippen LogP contribution >= 0.6 is 0 Å². The molecule has 0 aliphatic carbocycles. The van der Waals surface area contributed by atoms with E-state index in [0.717, 1.165) is 63.7 Å². The zero-order valence-electron chi connectivity index (χ0n) is 14.9. The summed E-state index contributed by atoms with van der Waals surface area (Å²) in [5.41, 5.74) is 2.22. The van der Waals surface area contributed by atoms with Gasteiger partial charge in [0, 0.05) is 57.7 Å². The van der Waals surface area contributed by atoms with E-state index in [1.54, 1.807) is 7.11 Å². The number of likely N-dealkylation sites (tertiary alicyclic amines) is 1. The van der Waals surface area contributed by atoms with Crippen LogP contribution in [0.5, 0.6) is 0 Å². The maximum Gasteiger partial charge on any atom is 0.0755 e. The van der Waals surface area contributed by atoms with Crippen molar-refractivity contribution in [2.75, 3.05) is 53.0 Å². The molecule has 0 radical (unpaired) electrons. The van der Waals surface area contributed by atoms with E-state index in [4.69, 9.17) is 14.5 Å². The molecule has 2 aliphatic heterocycles. The van der Waals surface area contributed by atoms with E-state index in [0.29, 0.717) is 12.0 Å². The Balaban J connectivity index is 1.39. The lowest BCUT2D eigenvalue weighted by atomic mass is 10.1. The Morgan fingerprint density at radius 1 is 1.12 bits per heavy atom. The quantitative estimate of drug-likeness (QED) is 0.832. The fraction of sp³-hybridized carbons (Fsp3) is 0.550. The summed E-state index contributed by atoms with van der Waals surface area (Å²) >= 11 is 0. The maximum absolute atomic E-state index is 6.13. The molecule has 5 nitrogen and oxygen atoms in total. The van der Waals surface area contributed by atoms with Gasteiger partial charge in [-0.05, 0) is 12.1 Å². The lowest BCUT2D eigenvalue weighted by Crippen LogP contribution is -2.34. The molecule has 2 fully saturated rings. The number of pyridine rings is 1. The van der Waals surface area contributed by atoms with Gasteiger partial charge in [-0.2, -0.15) is 0 Å². The van der Waals surface area contributed by atoms with Crippen LogP contribution in [0.3, 0.4) is 0 Å². The number of ether oxygens (including phenoxy) is 2. The van der Waals surface area contributed by atoms with Gasteiger partial charge in [-0.1, -0.05) is 24.3 Å². The van der Waals surface area contributed by atoms with Crippen molar-refractivity contribution in [2.24, 2.45) is 5.92 Å². The Kier molecular flexibility index (Phi) is 5.27. The average Bonchev–Trinajstić information content (AvgIpc) is 2.90. The number of rotatable bonds is 5. The average molecular weight is 341 g/mol. The molecule has 0 N–H and O–H groups in total. The van der Waals surface area contributed by atoms with Crippen LogP contribution in [0.4, 0.5) is 0 Å². The molecule has 1 aromatic heterocycles. The molecule has 0 saturated carbocycles. The van der Waals surface area contributed by atoms with Crippen LogP contribution in [0, 0.1) is 5.92 Å². The van der Waals surface area contributed by atoms with Crippen molar-refractivity contribution in [3.63, 3.8) is 0 Å². The lowest BCUT2D eigenvalue weighted by Gasteiger charge is -2.23. The van der Waals surface area contributed by atoms with E-state index < -0.39 is 0 Å². The smallest absolute Gasteiger partial charge is 0.0755 e. The van der Waals surface area contributed by atoms with Gasteiger partial charge in [0.1, 0.15) is 0 Å². The van der Waals surface area contributed by atoms with E-state index in [1.807, 2.05) is 0 Å². The van der Waals surface area contributed by atoms with Gasteiger partial charge in [0.25, 0.3) is 0 Å². The number of hydrogen-bond donors (Lipinski definition) is 0. The molecular formula is C20H27N3O2. The number of methoxy groups -OCH3 is 1. The van der Waals surface area contributed by atoms with Crippen molar-refractivity contribution < 1.29 is 9.47 Å². The highest BCUT2D eigenvalue weighted by Gasteiger charge is 2.36. The molecule has 0 unspecified atom stereocenters. The van der Waals surface area contributed by atoms with Gasteiger partial charge in [-0.25, -0.2) is 0 Å². The second-order valence-electron chi connectivity index (χ2n) is 7.15. The van der Waals surface area contributed by atoms with Crippen molar-refractivity contribution in [3.8, 4) is 0 Å². The largest absolute Gasteiger partial charge is 0.383 e. The third kappa shape index (κ3) is 4.01. The molecule has 2 aliphatic rings. The Morgan fingerprint density at radius 3 is 2.92 bits per heavy atom. The number of nitrogens with zero attached hydrogens (tertiary/aromatic N) is 3. The summed E-state index contributed by atoms with van der Waals surface area (Å²) in [4.78, 5) is 9.79. The summed E-state index contributed by atoms with van der Waals surface area (Å²) < 4.78 is 11.4. The zero-order chi connectivity index (χ0) is 17.1. The van der Waals surface area contributed by atoms with Crippen LogP contribution in [0.1, 0.15) is 5.69 Å². The van der Waals surface area contributed by atoms with Crippen molar-refractivity contribution in [1.82, 2.24) is 14.8 Å². The summed E-state index contributed by atoms with van der Waals surface area (Å²) in [6, 6.07) is 12.6. The van der Waals surface area contributed by atoms with Crippen LogP contribution in [0.25, 0.3) is 10.9 Å². The minimum Gasteiger partial charge on any atom is -0.383 e. The summed E-state index contributed by atoms with van der Waals surface area (Å²) in [5.74, 6) is 0.583. The molecule has 5 heteroatoms. The normalized spacial score (nSPS) is 25.2. The minimum absolute atomic E-state index is 0.355. The molecule has 1 aromatic carbocycles. The maximum atomic E-state index is 6.13. The highest BCUT2D eigenvalue weighted by atomic mass is 16.5. The second-order valence-corrected chi connectivity index (χ2v) is 7.15. The van der Waals surface area contributed by atoms with Gasteiger partial charge in [0.2, 0.25) is 0 Å². The monoisotopic (exact) mass is 341 g/mol. The van der Waals surface area contributed by atoms with Crippen molar-refractivity contribution >= 4 is 10.9 Å². The number of aromatic nitrogens is 1. The van der Waals surface area contributed by atoms with E-state index in [2.05, 4.69) is 46.2 Å². The molecular weight excluding hydrogens is 314 g/mol. The predicted molar refractivity (Wildman–Crippen MR) is 98.6 cm³/mol. The molecule has 0 amide bonds. The first-order valence-corrected chi connectivity index (χ1v) is 9.22. The highest BCUT2D eigenvalue weighted by molar-refractivity contribution is 5.78. The molecule has 25 heavy (non-hydrogen) atoms. The molecule has 0 spiro atoms. The number of para-hydroxylation sites is 1. The minimum atomic E-state index is 0.355. The fourth-order valence-electron chi connectivity index (χ4n) is 4.03. The molecule has 2 saturated heterocycles. The first-order chi connectivity index (χ1) is 12.3. The summed E-state index contributed by atoms with van der Waals surface area (Å²) in [6.07, 6.45) is 0.355. The summed E-state index contributed by atoms with van der Waals surface area (Å²) in [7, 11) is 1.77. The van der Waals surface area contributed by atoms with Gasteiger partial charge in [-0.3, -0.25) is 14.8 Å². The summed E-state index contributed by atoms with van der Waals surface area (Å²) in [6.45, 7) is 7.74. The Hall–Kier alpha value is -1.53. The number of fused-ring (bicyclic) bond motifs is 2. The van der Waals surface area contributed by atoms with Crippen molar-refractivity contribution in [1.29, 1.82) is 0 Å². The standard InChI is InChI=1S/C20H27N3O2/c1-24-10-8-22-9-11-25-20-15-23(13-17(20)12-22)14-18-7-6-16-4-2-3-5-19(16)21-18/h2-7,17,20H,8-15H2,1H3/t17-,20-/m1/s1. The summed E-state index contributed by atoms with van der Waals surface area (Å²) in [5, 5.41) is 1.20. The van der Waals surface area contributed by atoms with Crippen molar-refractivity contribution in [2.45, 2.75) is 12.6 Å². The first kappa shape index (κ1) is 16.9. The van der Waals surface area contributed by atoms with Crippen LogP contribution in [-0.4, -0.2) is 73.9 Å². The molecule has 0 bridgehead atoms. The highest BCUT2D eigenvalue weighted by Crippen LogP contribution is 2.25. The van der Waals surface area contributed by atoms with E-state index in [9.17, 15) is 0 Å². The lowest BCUT2D eigenvalue weighted by molar-refractivity contribution is 0.0506. The second kappa shape index (κ2) is 7.79. The molecule has 4 rings (SSSR count). The van der Waals surface area contributed by atoms with Crippen molar-refractivity contribution in [3.05, 3.63) is 42.1 Å². The SMILES string of the molecule is COCCN1CCO[C@@H]2CN(Cc3ccc4ccccc4n3)C[C@H]2C1. The van der Waals surface area contributed by atoms with Gasteiger partial charge in [-0.15, -0.1) is 0 Å². The fourth-order valence-corrected chi connectivity index (χ4v) is 4.03. The third-order valence-corrected chi connectivity index (χ3v) is 5.34. The zero-order valence-corrected chi connectivity index (χ0v) is 14.9. The molecule has 2 atom stereocenters. The Bertz CT molecular complexity index is 706. The van der Waals surface area contributed by atoms with Gasteiger partial charge < -0.3 is 9.47 Å². The molecule has 2 aromatic rings. The molecule has 134 valence electrons. The van der Waals surface area contributed by atoms with Crippen LogP contribution in [0.2, 0.25) is 0 Å². The van der Waals surface area contributed by atoms with Gasteiger partial charge in [0.15, 0.2) is 0 Å². The van der Waals surface area contributed by atoms with Gasteiger partial charge in [0.05, 0.1) is 30.5 Å². The number of benzene rings is 1. The number of hydrogen-bond acceptors (Lipinski definition) is 5. The Labute approximate surface area is 149 Å². The Morgan fingerprint density at radius 2 is 2.00 bits per heavy atom. The van der Waals surface area contributed by atoms with Crippen LogP contribution in [-0.2, 0) is 16.0 Å². The van der Waals surface area contributed by atoms with E-state index >= 15 is 0 Å². The van der Waals surface area contributed by atoms with Crippen LogP contribution < -0.4 is 0 Å². The van der Waals surface area contributed by atoms with E-state index in [-0.39, 0.29) is 0 Å². The van der Waals surface area contributed by atoms with Gasteiger partial charge >= 0.3 is 0 Å². The molecule has 3 heterocycles. The van der Waals surface area contributed by atoms with Crippen LogP contribution in [0.15, 0.2) is 36.4 Å². The first-order valence-electron chi connectivity index (χ1n) is 9.22. The third-order valence-electron chi connectivity index (χ3n) is 5.34. The van der Waals surface area contributed by atoms with E-state index in [1.165, 1.54) is 5.39 Å².